The molecule has 2 unspecified atom stereocenters. The molecule has 1 aromatic carbocycles. The van der Waals surface area contributed by atoms with E-state index in [1.807, 2.05) is 6.07 Å². The van der Waals surface area contributed by atoms with Crippen molar-refractivity contribution in [2.45, 2.75) is 19.8 Å². The number of hydrogen-bond donors (Lipinski definition) is 1. The summed E-state index contributed by atoms with van der Waals surface area (Å²) in [4.78, 5) is 0. The van der Waals surface area contributed by atoms with Gasteiger partial charge in [0, 0.05) is 19.6 Å². The molecule has 0 aliphatic carbocycles. The molecule has 0 fully saturated rings. The minimum Gasteiger partial charge on any atom is -0.396 e. The molecule has 0 spiro atoms. The minimum absolute atomic E-state index is 0.171. The van der Waals surface area contributed by atoms with Crippen LogP contribution in [0.2, 0.25) is 0 Å². The molecule has 2 heteroatoms. The van der Waals surface area contributed by atoms with Gasteiger partial charge in [-0.1, -0.05) is 36.8 Å². The van der Waals surface area contributed by atoms with Gasteiger partial charge in [-0.2, -0.15) is 0 Å². The summed E-state index contributed by atoms with van der Waals surface area (Å²) in [5, 5.41) is 9.41. The summed E-state index contributed by atoms with van der Waals surface area (Å²) in [5.41, 5.74) is 2.43. The normalized spacial score (nSPS) is 14.9. The van der Waals surface area contributed by atoms with E-state index in [4.69, 9.17) is 4.74 Å². The van der Waals surface area contributed by atoms with E-state index in [-0.39, 0.29) is 12.5 Å². The van der Waals surface area contributed by atoms with Crippen molar-refractivity contribution in [1.82, 2.24) is 0 Å². The van der Waals surface area contributed by atoms with Gasteiger partial charge in [-0.3, -0.25) is 0 Å². The van der Waals surface area contributed by atoms with Crippen LogP contribution in [0.4, 0.5) is 0 Å². The maximum atomic E-state index is 9.41. The molecular formula is C13H20O2. The number of methoxy groups -OCH3 is 1. The fraction of sp³-hybridized carbons (Fsp3) is 0.538. The first kappa shape index (κ1) is 12.2. The Labute approximate surface area is 91.9 Å². The number of aliphatic hydroxyl groups excluding tert-OH is 1. The maximum absolute atomic E-state index is 9.41. The lowest BCUT2D eigenvalue weighted by Gasteiger charge is -2.22. The molecule has 15 heavy (non-hydrogen) atoms. The van der Waals surface area contributed by atoms with E-state index in [0.717, 1.165) is 0 Å². The van der Waals surface area contributed by atoms with Crippen LogP contribution in [-0.4, -0.2) is 25.4 Å². The van der Waals surface area contributed by atoms with Gasteiger partial charge in [0.05, 0.1) is 6.61 Å². The standard InChI is InChI=1S/C13H20O2/c1-10-5-4-6-12(7-10)13(8-14)11(2)9-15-3/h4-7,11,13-14H,8-9H2,1-3H3. The Kier molecular flexibility index (Phi) is 4.79. The van der Waals surface area contributed by atoms with Crippen molar-refractivity contribution in [3.8, 4) is 0 Å². The largest absolute Gasteiger partial charge is 0.396 e. The molecule has 1 N–H and O–H groups in total. The first-order chi connectivity index (χ1) is 7.19. The van der Waals surface area contributed by atoms with Crippen molar-refractivity contribution < 1.29 is 9.84 Å². The lowest BCUT2D eigenvalue weighted by Crippen LogP contribution is -2.18. The summed E-state index contributed by atoms with van der Waals surface area (Å²) in [6.07, 6.45) is 0. The van der Waals surface area contributed by atoms with E-state index in [2.05, 4.69) is 32.0 Å². The molecule has 0 aliphatic rings. The average Bonchev–Trinajstić information content (AvgIpc) is 2.19. The van der Waals surface area contributed by atoms with E-state index < -0.39 is 0 Å². The van der Waals surface area contributed by atoms with Gasteiger partial charge >= 0.3 is 0 Å². The van der Waals surface area contributed by atoms with Crippen LogP contribution in [0, 0.1) is 12.8 Å². The highest BCUT2D eigenvalue weighted by Gasteiger charge is 2.18. The van der Waals surface area contributed by atoms with Crippen molar-refractivity contribution in [1.29, 1.82) is 0 Å². The molecule has 0 saturated carbocycles. The Bertz CT molecular complexity index is 296. The summed E-state index contributed by atoms with van der Waals surface area (Å²) in [7, 11) is 1.70. The second-order valence-electron chi connectivity index (χ2n) is 4.14. The summed E-state index contributed by atoms with van der Waals surface area (Å²) < 4.78 is 5.13. The zero-order valence-electron chi connectivity index (χ0n) is 9.73. The van der Waals surface area contributed by atoms with Crippen LogP contribution in [0.5, 0.6) is 0 Å². The number of ether oxygens (including phenoxy) is 1. The summed E-state index contributed by atoms with van der Waals surface area (Å²) in [6, 6.07) is 8.30. The summed E-state index contributed by atoms with van der Waals surface area (Å²) in [5.74, 6) is 0.506. The Morgan fingerprint density at radius 2 is 2.13 bits per heavy atom. The monoisotopic (exact) mass is 208 g/mol. The number of aliphatic hydroxyl groups is 1. The zero-order chi connectivity index (χ0) is 11.3. The second kappa shape index (κ2) is 5.89. The van der Waals surface area contributed by atoms with Gasteiger partial charge in [0.2, 0.25) is 0 Å². The van der Waals surface area contributed by atoms with E-state index in [1.54, 1.807) is 7.11 Å². The molecular weight excluding hydrogens is 188 g/mol. The lowest BCUT2D eigenvalue weighted by atomic mass is 9.88. The topological polar surface area (TPSA) is 29.5 Å². The SMILES string of the molecule is COCC(C)C(CO)c1cccc(C)c1. The van der Waals surface area contributed by atoms with Crippen molar-refractivity contribution in [2.24, 2.45) is 5.92 Å². The van der Waals surface area contributed by atoms with Gasteiger partial charge in [0.15, 0.2) is 0 Å². The van der Waals surface area contributed by atoms with Crippen molar-refractivity contribution >= 4 is 0 Å². The van der Waals surface area contributed by atoms with Gasteiger partial charge in [-0.25, -0.2) is 0 Å². The van der Waals surface area contributed by atoms with Crippen LogP contribution in [0.1, 0.15) is 24.0 Å². The zero-order valence-corrected chi connectivity index (χ0v) is 9.73. The van der Waals surface area contributed by atoms with E-state index >= 15 is 0 Å². The Hall–Kier alpha value is -0.860. The number of hydrogen-bond acceptors (Lipinski definition) is 2. The quantitative estimate of drug-likeness (QED) is 0.805. The highest BCUT2D eigenvalue weighted by Crippen LogP contribution is 2.24. The Balaban J connectivity index is 2.82. The number of rotatable bonds is 5. The molecule has 0 saturated heterocycles. The molecule has 1 aromatic rings. The van der Waals surface area contributed by atoms with Gasteiger partial charge in [0.25, 0.3) is 0 Å². The van der Waals surface area contributed by atoms with Gasteiger partial charge in [0.1, 0.15) is 0 Å². The van der Waals surface area contributed by atoms with Crippen LogP contribution in [0.25, 0.3) is 0 Å². The van der Waals surface area contributed by atoms with Gasteiger partial charge < -0.3 is 9.84 Å². The van der Waals surface area contributed by atoms with Crippen LogP contribution in [0.3, 0.4) is 0 Å². The van der Waals surface area contributed by atoms with E-state index in [1.165, 1.54) is 11.1 Å². The smallest absolute Gasteiger partial charge is 0.0503 e. The number of aryl methyl sites for hydroxylation is 1. The molecule has 0 aliphatic heterocycles. The van der Waals surface area contributed by atoms with Crippen LogP contribution >= 0.6 is 0 Å². The van der Waals surface area contributed by atoms with Crippen molar-refractivity contribution in [3.05, 3.63) is 35.4 Å². The molecule has 0 bridgehead atoms. The third-order valence-corrected chi connectivity index (χ3v) is 2.78. The maximum Gasteiger partial charge on any atom is 0.0503 e. The molecule has 84 valence electrons. The molecule has 0 radical (unpaired) electrons. The summed E-state index contributed by atoms with van der Waals surface area (Å²) in [6.45, 7) is 5.03. The van der Waals surface area contributed by atoms with Crippen LogP contribution in [-0.2, 0) is 4.74 Å². The highest BCUT2D eigenvalue weighted by atomic mass is 16.5. The molecule has 2 atom stereocenters. The first-order valence-electron chi connectivity index (χ1n) is 5.35. The fourth-order valence-corrected chi connectivity index (χ4v) is 1.89. The van der Waals surface area contributed by atoms with E-state index in [9.17, 15) is 5.11 Å². The average molecular weight is 208 g/mol. The van der Waals surface area contributed by atoms with Crippen LogP contribution < -0.4 is 0 Å². The van der Waals surface area contributed by atoms with Gasteiger partial charge in [-0.05, 0) is 18.4 Å². The molecule has 0 heterocycles. The summed E-state index contributed by atoms with van der Waals surface area (Å²) >= 11 is 0. The molecule has 0 aromatic heterocycles. The second-order valence-corrected chi connectivity index (χ2v) is 4.14. The van der Waals surface area contributed by atoms with E-state index in [0.29, 0.717) is 12.5 Å². The Morgan fingerprint density at radius 1 is 1.40 bits per heavy atom. The number of benzene rings is 1. The Morgan fingerprint density at radius 3 is 2.67 bits per heavy atom. The van der Waals surface area contributed by atoms with Crippen molar-refractivity contribution in [2.75, 3.05) is 20.3 Å². The molecule has 1 rings (SSSR count). The van der Waals surface area contributed by atoms with Gasteiger partial charge in [-0.15, -0.1) is 0 Å². The minimum atomic E-state index is 0.171. The highest BCUT2D eigenvalue weighted by molar-refractivity contribution is 5.26. The lowest BCUT2D eigenvalue weighted by molar-refractivity contribution is 0.126. The predicted molar refractivity (Wildman–Crippen MR) is 62.0 cm³/mol. The fourth-order valence-electron chi connectivity index (χ4n) is 1.89. The molecule has 2 nitrogen and oxygen atoms in total. The van der Waals surface area contributed by atoms with Crippen LogP contribution in [0.15, 0.2) is 24.3 Å². The van der Waals surface area contributed by atoms with Crippen molar-refractivity contribution in [3.63, 3.8) is 0 Å². The first-order valence-corrected chi connectivity index (χ1v) is 5.35. The predicted octanol–water partition coefficient (Wildman–Crippen LogP) is 2.35. The molecule has 0 amide bonds. The third kappa shape index (κ3) is 3.33. The third-order valence-electron chi connectivity index (χ3n) is 2.78.